The van der Waals surface area contributed by atoms with Crippen molar-refractivity contribution in [3.63, 3.8) is 0 Å². The molecular formula is C22H25ClN4O6S. The second-order valence-electron chi connectivity index (χ2n) is 8.45. The number of anilines is 1. The van der Waals surface area contributed by atoms with Gasteiger partial charge in [0, 0.05) is 19.2 Å². The molecule has 2 amide bonds. The summed E-state index contributed by atoms with van der Waals surface area (Å²) in [5.74, 6) is -0.00504. The van der Waals surface area contributed by atoms with Crippen LogP contribution in [0.15, 0.2) is 36.5 Å². The Morgan fingerprint density at radius 1 is 1.29 bits per heavy atom. The van der Waals surface area contributed by atoms with Crippen LogP contribution in [-0.4, -0.2) is 67.4 Å². The van der Waals surface area contributed by atoms with Crippen molar-refractivity contribution >= 4 is 39.5 Å². The minimum absolute atomic E-state index is 0.00290. The Hall–Kier alpha value is -2.89. The lowest BCUT2D eigenvalue weighted by Gasteiger charge is -2.49. The number of cyclic esters (lactones) is 1. The fourth-order valence-corrected chi connectivity index (χ4v) is 5.98. The normalized spacial score (nSPS) is 17.9. The van der Waals surface area contributed by atoms with Crippen molar-refractivity contribution in [2.45, 2.75) is 25.2 Å². The Bertz CT molecular complexity index is 1230. The van der Waals surface area contributed by atoms with Crippen molar-refractivity contribution in [2.75, 3.05) is 38.7 Å². The highest BCUT2D eigenvalue weighted by Crippen LogP contribution is 2.42. The van der Waals surface area contributed by atoms with E-state index in [1.54, 1.807) is 0 Å². The molecule has 0 unspecified atom stereocenters. The molecule has 2 aromatic rings. The number of ether oxygens (including phenoxy) is 2. The molecular weight excluding hydrogens is 484 g/mol. The third kappa shape index (κ3) is 4.08. The molecule has 0 atom stereocenters. The summed E-state index contributed by atoms with van der Waals surface area (Å²) in [6.45, 7) is 3.66. The predicted molar refractivity (Wildman–Crippen MR) is 125 cm³/mol. The molecule has 34 heavy (non-hydrogen) atoms. The molecule has 1 aromatic carbocycles. The minimum Gasteiger partial charge on any atom is -0.494 e. The summed E-state index contributed by atoms with van der Waals surface area (Å²) in [7, 11) is -2.69. The number of hydrogen-bond acceptors (Lipinski definition) is 7. The van der Waals surface area contributed by atoms with E-state index in [1.165, 1.54) is 19.4 Å². The van der Waals surface area contributed by atoms with Gasteiger partial charge < -0.3 is 14.8 Å². The molecule has 2 aliphatic heterocycles. The molecule has 0 bridgehead atoms. The first-order valence-electron chi connectivity index (χ1n) is 10.6. The number of nitrogens with zero attached hydrogens (tertiary/aromatic N) is 3. The van der Waals surface area contributed by atoms with Crippen LogP contribution in [0, 0.1) is 0 Å². The van der Waals surface area contributed by atoms with Gasteiger partial charge in [0.05, 0.1) is 19.9 Å². The lowest BCUT2D eigenvalue weighted by molar-refractivity contribution is -0.125. The van der Waals surface area contributed by atoms with Crippen molar-refractivity contribution in [1.82, 2.24) is 13.6 Å². The number of carbonyl (C=O) groups excluding carboxylic acids is 2. The Balaban J connectivity index is 1.71. The maximum atomic E-state index is 13.7. The minimum atomic E-state index is -4.13. The number of benzene rings is 1. The molecule has 1 N–H and O–H groups in total. The van der Waals surface area contributed by atoms with Crippen molar-refractivity contribution < 1.29 is 27.5 Å². The first-order chi connectivity index (χ1) is 16.1. The van der Waals surface area contributed by atoms with Crippen molar-refractivity contribution in [1.29, 1.82) is 0 Å². The average Bonchev–Trinajstić information content (AvgIpc) is 3.21. The number of methoxy groups -OCH3 is 1. The van der Waals surface area contributed by atoms with Crippen LogP contribution < -0.4 is 10.1 Å². The van der Waals surface area contributed by atoms with Crippen LogP contribution in [0.4, 0.5) is 10.5 Å². The first kappa shape index (κ1) is 24.2. The van der Waals surface area contributed by atoms with Crippen molar-refractivity contribution in [2.24, 2.45) is 0 Å². The zero-order valence-electron chi connectivity index (χ0n) is 18.9. The van der Waals surface area contributed by atoms with E-state index in [4.69, 9.17) is 21.1 Å². The second-order valence-corrected chi connectivity index (χ2v) is 10.7. The number of pyridine rings is 1. The van der Waals surface area contributed by atoms with Gasteiger partial charge in [0.1, 0.15) is 28.6 Å². The Morgan fingerprint density at radius 3 is 2.62 bits per heavy atom. The van der Waals surface area contributed by atoms with E-state index in [0.717, 1.165) is 15.4 Å². The average molecular weight is 509 g/mol. The zero-order valence-corrected chi connectivity index (χ0v) is 20.5. The molecule has 1 aromatic heterocycles. The largest absolute Gasteiger partial charge is 0.494 e. The molecule has 4 rings (SSSR count). The molecule has 0 saturated carbocycles. The first-order valence-corrected chi connectivity index (χ1v) is 12.4. The van der Waals surface area contributed by atoms with Gasteiger partial charge in [-0.2, -0.15) is 17.0 Å². The van der Waals surface area contributed by atoms with E-state index in [1.807, 2.05) is 38.1 Å². The summed E-state index contributed by atoms with van der Waals surface area (Å²) >= 11 is 5.94. The van der Waals surface area contributed by atoms with Gasteiger partial charge in [-0.25, -0.2) is 9.78 Å². The summed E-state index contributed by atoms with van der Waals surface area (Å²) in [6.07, 6.45) is 0.468. The number of amides is 2. The standard InChI is InChI=1S/C22H25ClN4O6S/c1-14(2)15-6-4-5-7-16(15)22(20(28)25-17-11-24-19(23)10-18(17)32-3)12-26(13-22)34(30,31)27-8-9-33-21(27)29/h4-7,10-11,14H,8-9,12-13H2,1-3H3,(H,25,28). The summed E-state index contributed by atoms with van der Waals surface area (Å²) in [6, 6.07) is 8.93. The maximum absolute atomic E-state index is 13.7. The third-order valence-corrected chi connectivity index (χ3v) is 8.06. The molecule has 0 spiro atoms. The Kier molecular flexibility index (Phi) is 6.45. The maximum Gasteiger partial charge on any atom is 0.424 e. The van der Waals surface area contributed by atoms with Crippen LogP contribution >= 0.6 is 11.6 Å². The summed E-state index contributed by atoms with van der Waals surface area (Å²) in [5.41, 5.74) is 0.764. The molecule has 12 heteroatoms. The highest BCUT2D eigenvalue weighted by molar-refractivity contribution is 7.87. The second kappa shape index (κ2) is 9.05. The molecule has 10 nitrogen and oxygen atoms in total. The number of carbonyl (C=O) groups is 2. The van der Waals surface area contributed by atoms with Gasteiger partial charge in [0.2, 0.25) is 5.91 Å². The summed E-state index contributed by atoms with van der Waals surface area (Å²) < 4.78 is 38.0. The number of nitrogens with one attached hydrogen (secondary N) is 1. The molecule has 0 radical (unpaired) electrons. The van der Waals surface area contributed by atoms with Crippen LogP contribution in [0.2, 0.25) is 5.15 Å². The van der Waals surface area contributed by atoms with Crippen molar-refractivity contribution in [3.8, 4) is 5.75 Å². The molecule has 182 valence electrons. The van der Waals surface area contributed by atoms with Gasteiger partial charge >= 0.3 is 16.3 Å². The van der Waals surface area contributed by atoms with E-state index < -0.39 is 27.6 Å². The molecule has 3 heterocycles. The van der Waals surface area contributed by atoms with E-state index in [0.29, 0.717) is 15.7 Å². The quantitative estimate of drug-likeness (QED) is 0.571. The van der Waals surface area contributed by atoms with E-state index in [2.05, 4.69) is 10.3 Å². The van der Waals surface area contributed by atoms with E-state index in [-0.39, 0.29) is 37.3 Å². The lowest BCUT2D eigenvalue weighted by Crippen LogP contribution is -2.68. The van der Waals surface area contributed by atoms with Gasteiger partial charge in [-0.05, 0) is 17.0 Å². The van der Waals surface area contributed by atoms with Gasteiger partial charge in [0.15, 0.2) is 0 Å². The van der Waals surface area contributed by atoms with Crippen LogP contribution in [0.5, 0.6) is 5.75 Å². The van der Waals surface area contributed by atoms with Gasteiger partial charge in [-0.3, -0.25) is 4.79 Å². The van der Waals surface area contributed by atoms with Crippen LogP contribution in [0.1, 0.15) is 30.9 Å². The monoisotopic (exact) mass is 508 g/mol. The van der Waals surface area contributed by atoms with Crippen LogP contribution in [-0.2, 0) is 25.2 Å². The number of hydrogen-bond donors (Lipinski definition) is 1. The van der Waals surface area contributed by atoms with Gasteiger partial charge in [0.25, 0.3) is 0 Å². The Morgan fingerprint density at radius 2 is 2.00 bits per heavy atom. The lowest BCUT2D eigenvalue weighted by atomic mass is 9.71. The number of rotatable bonds is 7. The summed E-state index contributed by atoms with van der Waals surface area (Å²) in [5, 5.41) is 3.04. The third-order valence-electron chi connectivity index (χ3n) is 6.05. The predicted octanol–water partition coefficient (Wildman–Crippen LogP) is 2.76. The topological polar surface area (TPSA) is 118 Å². The highest BCUT2D eigenvalue weighted by atomic mass is 35.5. The molecule has 0 aliphatic carbocycles. The smallest absolute Gasteiger partial charge is 0.424 e. The SMILES string of the molecule is COc1cc(Cl)ncc1NC(=O)C1(c2ccccc2C(C)C)CN(S(=O)(=O)N2CCOC2=O)C1. The van der Waals surface area contributed by atoms with Crippen LogP contribution in [0.25, 0.3) is 0 Å². The fraction of sp³-hybridized carbons (Fsp3) is 0.409. The zero-order chi connectivity index (χ0) is 24.7. The highest BCUT2D eigenvalue weighted by Gasteiger charge is 2.57. The number of aromatic nitrogens is 1. The van der Waals surface area contributed by atoms with Crippen molar-refractivity contribution in [3.05, 3.63) is 52.8 Å². The number of halogens is 1. The van der Waals surface area contributed by atoms with Gasteiger partial charge in [-0.1, -0.05) is 49.7 Å². The Labute approximate surface area is 203 Å². The molecule has 2 saturated heterocycles. The van der Waals surface area contributed by atoms with E-state index >= 15 is 0 Å². The summed E-state index contributed by atoms with van der Waals surface area (Å²) in [4.78, 5) is 29.7. The van der Waals surface area contributed by atoms with E-state index in [9.17, 15) is 18.0 Å². The van der Waals surface area contributed by atoms with Gasteiger partial charge in [-0.15, -0.1) is 0 Å². The van der Waals surface area contributed by atoms with Crippen LogP contribution in [0.3, 0.4) is 0 Å². The molecule has 2 aliphatic rings. The molecule has 2 fully saturated rings. The fourth-order valence-electron chi connectivity index (χ4n) is 4.24.